The van der Waals surface area contributed by atoms with Crippen molar-refractivity contribution in [2.45, 2.75) is 32.9 Å². The summed E-state index contributed by atoms with van der Waals surface area (Å²) in [5.41, 5.74) is 6.84. The van der Waals surface area contributed by atoms with Gasteiger partial charge < -0.3 is 10.6 Å². The summed E-state index contributed by atoms with van der Waals surface area (Å²) in [6.45, 7) is 5.98. The standard InChI is InChI=1S/C10H19ClN4S/c1-7(2)8(12)4-5-15(3)6-9-10(11)16-14-13-9/h7-8H,4-6,12H2,1-3H3. The molecule has 16 heavy (non-hydrogen) atoms. The Morgan fingerprint density at radius 2 is 2.19 bits per heavy atom. The molecule has 1 atom stereocenters. The Hall–Kier alpha value is -0.230. The van der Waals surface area contributed by atoms with Crippen LogP contribution in [-0.2, 0) is 6.54 Å². The summed E-state index contributed by atoms with van der Waals surface area (Å²) in [5, 5.41) is 3.98. The van der Waals surface area contributed by atoms with E-state index in [0.29, 0.717) is 10.3 Å². The molecule has 2 N–H and O–H groups in total. The normalized spacial score (nSPS) is 13.7. The van der Waals surface area contributed by atoms with Gasteiger partial charge in [-0.25, -0.2) is 0 Å². The molecule has 1 heterocycles. The Morgan fingerprint density at radius 1 is 1.50 bits per heavy atom. The molecule has 0 radical (unpaired) electrons. The molecule has 0 aromatic carbocycles. The third-order valence-corrected chi connectivity index (χ3v) is 3.61. The van der Waals surface area contributed by atoms with Gasteiger partial charge in [0.2, 0.25) is 0 Å². The van der Waals surface area contributed by atoms with Gasteiger partial charge in [0.15, 0.2) is 0 Å². The first-order chi connectivity index (χ1) is 7.50. The molecule has 1 aromatic rings. The van der Waals surface area contributed by atoms with Crippen LogP contribution in [0, 0.1) is 5.92 Å². The molecule has 0 amide bonds. The van der Waals surface area contributed by atoms with Gasteiger partial charge in [-0.2, -0.15) is 0 Å². The third kappa shape index (κ3) is 4.33. The Kier molecular flexibility index (Phi) is 5.61. The largest absolute Gasteiger partial charge is 0.327 e. The number of hydrogen-bond acceptors (Lipinski definition) is 5. The van der Waals surface area contributed by atoms with Crippen molar-refractivity contribution in [3.8, 4) is 0 Å². The van der Waals surface area contributed by atoms with E-state index >= 15 is 0 Å². The zero-order valence-corrected chi connectivity index (χ0v) is 11.6. The van der Waals surface area contributed by atoms with E-state index in [1.165, 1.54) is 11.5 Å². The molecule has 0 bridgehead atoms. The first-order valence-electron chi connectivity index (χ1n) is 5.41. The summed E-state index contributed by atoms with van der Waals surface area (Å²) >= 11 is 7.17. The second-order valence-electron chi connectivity index (χ2n) is 4.43. The molecular weight excluding hydrogens is 244 g/mol. The predicted molar refractivity (Wildman–Crippen MR) is 68.7 cm³/mol. The van der Waals surface area contributed by atoms with Gasteiger partial charge in [0.25, 0.3) is 0 Å². The molecule has 4 nitrogen and oxygen atoms in total. The number of nitrogens with zero attached hydrogens (tertiary/aromatic N) is 3. The fourth-order valence-electron chi connectivity index (χ4n) is 1.33. The van der Waals surface area contributed by atoms with Gasteiger partial charge in [-0.3, -0.25) is 0 Å². The lowest BCUT2D eigenvalue weighted by atomic mass is 10.0. The van der Waals surface area contributed by atoms with E-state index in [2.05, 4.69) is 28.3 Å². The molecule has 1 rings (SSSR count). The van der Waals surface area contributed by atoms with E-state index in [4.69, 9.17) is 17.3 Å². The molecule has 0 spiro atoms. The Bertz CT molecular complexity index is 316. The highest BCUT2D eigenvalue weighted by atomic mass is 35.5. The van der Waals surface area contributed by atoms with Crippen molar-refractivity contribution in [2.75, 3.05) is 13.6 Å². The minimum absolute atomic E-state index is 0.256. The number of hydrogen-bond donors (Lipinski definition) is 1. The lowest BCUT2D eigenvalue weighted by Crippen LogP contribution is -2.31. The highest BCUT2D eigenvalue weighted by Gasteiger charge is 2.11. The molecule has 0 saturated heterocycles. The maximum absolute atomic E-state index is 5.99. The van der Waals surface area contributed by atoms with Gasteiger partial charge in [-0.05, 0) is 25.9 Å². The van der Waals surface area contributed by atoms with Crippen molar-refractivity contribution in [2.24, 2.45) is 11.7 Å². The van der Waals surface area contributed by atoms with Gasteiger partial charge in [0.05, 0.1) is 0 Å². The summed E-state index contributed by atoms with van der Waals surface area (Å²) in [6, 6.07) is 0.256. The minimum atomic E-state index is 0.256. The lowest BCUT2D eigenvalue weighted by Gasteiger charge is -2.20. The minimum Gasteiger partial charge on any atom is -0.327 e. The summed E-state index contributed by atoms with van der Waals surface area (Å²) in [7, 11) is 2.04. The molecule has 1 unspecified atom stereocenters. The van der Waals surface area contributed by atoms with Crippen LogP contribution in [0.2, 0.25) is 4.34 Å². The van der Waals surface area contributed by atoms with Crippen LogP contribution in [0.5, 0.6) is 0 Å². The Labute approximate surface area is 106 Å². The maximum Gasteiger partial charge on any atom is 0.138 e. The van der Waals surface area contributed by atoms with Gasteiger partial charge in [0.1, 0.15) is 10.0 Å². The topological polar surface area (TPSA) is 55.0 Å². The van der Waals surface area contributed by atoms with Crippen LogP contribution in [-0.4, -0.2) is 34.1 Å². The van der Waals surface area contributed by atoms with E-state index in [0.717, 1.165) is 25.2 Å². The summed E-state index contributed by atoms with van der Waals surface area (Å²) in [5.74, 6) is 0.526. The molecule has 0 saturated carbocycles. The summed E-state index contributed by atoms with van der Waals surface area (Å²) < 4.78 is 4.49. The van der Waals surface area contributed by atoms with Crippen molar-refractivity contribution in [3.63, 3.8) is 0 Å². The number of halogens is 1. The number of aromatic nitrogens is 2. The van der Waals surface area contributed by atoms with Crippen LogP contribution in [0.1, 0.15) is 26.0 Å². The van der Waals surface area contributed by atoms with Gasteiger partial charge in [-0.15, -0.1) is 5.10 Å². The van der Waals surface area contributed by atoms with Crippen molar-refractivity contribution in [3.05, 3.63) is 10.0 Å². The molecule has 92 valence electrons. The predicted octanol–water partition coefficient (Wildman–Crippen LogP) is 2.00. The van der Waals surface area contributed by atoms with Crippen molar-refractivity contribution in [1.82, 2.24) is 14.5 Å². The van der Waals surface area contributed by atoms with Gasteiger partial charge >= 0.3 is 0 Å². The third-order valence-electron chi connectivity index (χ3n) is 2.63. The average molecular weight is 263 g/mol. The molecule has 0 aliphatic rings. The lowest BCUT2D eigenvalue weighted by molar-refractivity contribution is 0.293. The van der Waals surface area contributed by atoms with Crippen molar-refractivity contribution in [1.29, 1.82) is 0 Å². The van der Waals surface area contributed by atoms with Crippen LogP contribution in [0.25, 0.3) is 0 Å². The molecular formula is C10H19ClN4S. The first kappa shape index (κ1) is 13.8. The van der Waals surface area contributed by atoms with Crippen molar-refractivity contribution < 1.29 is 0 Å². The van der Waals surface area contributed by atoms with Crippen LogP contribution >= 0.6 is 23.1 Å². The zero-order chi connectivity index (χ0) is 12.1. The van der Waals surface area contributed by atoms with Crippen LogP contribution in [0.3, 0.4) is 0 Å². The number of nitrogens with two attached hydrogens (primary N) is 1. The van der Waals surface area contributed by atoms with E-state index in [9.17, 15) is 0 Å². The van der Waals surface area contributed by atoms with Crippen LogP contribution in [0.4, 0.5) is 0 Å². The molecule has 6 heteroatoms. The second-order valence-corrected chi connectivity index (χ2v) is 5.78. The average Bonchev–Trinajstić information content (AvgIpc) is 2.60. The van der Waals surface area contributed by atoms with Gasteiger partial charge in [0, 0.05) is 24.1 Å². The fraction of sp³-hybridized carbons (Fsp3) is 0.800. The monoisotopic (exact) mass is 262 g/mol. The SMILES string of the molecule is CC(C)C(N)CCN(C)Cc1nnsc1Cl. The Balaban J connectivity index is 2.31. The van der Waals surface area contributed by atoms with Gasteiger partial charge in [-0.1, -0.05) is 29.9 Å². The van der Waals surface area contributed by atoms with Crippen LogP contribution in [0.15, 0.2) is 0 Å². The highest BCUT2D eigenvalue weighted by molar-refractivity contribution is 7.10. The highest BCUT2D eigenvalue weighted by Crippen LogP contribution is 2.18. The fourth-order valence-corrected chi connectivity index (χ4v) is 1.94. The molecule has 0 fully saturated rings. The van der Waals surface area contributed by atoms with Crippen LogP contribution < -0.4 is 5.73 Å². The molecule has 0 aliphatic heterocycles. The first-order valence-corrected chi connectivity index (χ1v) is 6.56. The maximum atomic E-state index is 5.99. The second kappa shape index (κ2) is 6.49. The van der Waals surface area contributed by atoms with Crippen molar-refractivity contribution >= 4 is 23.1 Å². The Morgan fingerprint density at radius 3 is 2.69 bits per heavy atom. The van der Waals surface area contributed by atoms with E-state index in [1.807, 2.05) is 7.05 Å². The van der Waals surface area contributed by atoms with E-state index < -0.39 is 0 Å². The smallest absolute Gasteiger partial charge is 0.138 e. The molecule has 1 aromatic heterocycles. The van der Waals surface area contributed by atoms with E-state index in [1.54, 1.807) is 0 Å². The zero-order valence-electron chi connectivity index (χ0n) is 9.98. The number of rotatable bonds is 6. The molecule has 0 aliphatic carbocycles. The quantitative estimate of drug-likeness (QED) is 0.852. The summed E-state index contributed by atoms with van der Waals surface area (Å²) in [4.78, 5) is 2.17. The summed E-state index contributed by atoms with van der Waals surface area (Å²) in [6.07, 6.45) is 0.989. The van der Waals surface area contributed by atoms with E-state index in [-0.39, 0.29) is 6.04 Å².